The lowest BCUT2D eigenvalue weighted by Crippen LogP contribution is -2.12. The van der Waals surface area contributed by atoms with Crippen LogP contribution in [0.3, 0.4) is 0 Å². The first-order chi connectivity index (χ1) is 12.0. The SMILES string of the molecule is Cc1ccc(NC(=O)CCc2ccc(-c3ccc(F)cc3)o2)cc1Cl. The summed E-state index contributed by atoms with van der Waals surface area (Å²) in [6.07, 6.45) is 0.772. The van der Waals surface area contributed by atoms with E-state index in [9.17, 15) is 9.18 Å². The van der Waals surface area contributed by atoms with E-state index in [4.69, 9.17) is 16.0 Å². The Hall–Kier alpha value is -2.59. The maximum absolute atomic E-state index is 13.0. The third-order valence-corrected chi connectivity index (χ3v) is 4.25. The number of carbonyl (C=O) groups excluding carboxylic acids is 1. The van der Waals surface area contributed by atoms with Crippen molar-refractivity contribution in [1.29, 1.82) is 0 Å². The monoisotopic (exact) mass is 357 g/mol. The Bertz CT molecular complexity index is 887. The highest BCUT2D eigenvalue weighted by atomic mass is 35.5. The Labute approximate surface area is 150 Å². The Kier molecular flexibility index (Phi) is 5.19. The Morgan fingerprint density at radius 3 is 2.60 bits per heavy atom. The maximum Gasteiger partial charge on any atom is 0.224 e. The predicted molar refractivity (Wildman–Crippen MR) is 97.2 cm³/mol. The minimum atomic E-state index is -0.289. The highest BCUT2D eigenvalue weighted by molar-refractivity contribution is 6.31. The van der Waals surface area contributed by atoms with Gasteiger partial charge in [0.15, 0.2) is 0 Å². The lowest BCUT2D eigenvalue weighted by Gasteiger charge is -2.06. The molecule has 1 heterocycles. The molecule has 0 aliphatic heterocycles. The van der Waals surface area contributed by atoms with Gasteiger partial charge in [-0.1, -0.05) is 17.7 Å². The number of hydrogen-bond acceptors (Lipinski definition) is 2. The van der Waals surface area contributed by atoms with Crippen molar-refractivity contribution in [2.45, 2.75) is 19.8 Å². The lowest BCUT2D eigenvalue weighted by atomic mass is 10.2. The molecule has 25 heavy (non-hydrogen) atoms. The van der Waals surface area contributed by atoms with Crippen molar-refractivity contribution in [2.75, 3.05) is 5.32 Å². The molecule has 0 saturated heterocycles. The van der Waals surface area contributed by atoms with Crippen molar-refractivity contribution in [3.05, 3.63) is 76.8 Å². The van der Waals surface area contributed by atoms with Crippen molar-refractivity contribution >= 4 is 23.2 Å². The fraction of sp³-hybridized carbons (Fsp3) is 0.150. The molecule has 0 saturated carbocycles. The summed E-state index contributed by atoms with van der Waals surface area (Å²) in [5, 5.41) is 3.44. The summed E-state index contributed by atoms with van der Waals surface area (Å²) in [4.78, 5) is 12.1. The number of halogens is 2. The van der Waals surface area contributed by atoms with Crippen LogP contribution in [-0.2, 0) is 11.2 Å². The largest absolute Gasteiger partial charge is 0.461 e. The molecule has 1 N–H and O–H groups in total. The average Bonchev–Trinajstić information content (AvgIpc) is 3.06. The van der Waals surface area contributed by atoms with Gasteiger partial charge in [-0.15, -0.1) is 0 Å². The molecule has 1 aromatic heterocycles. The van der Waals surface area contributed by atoms with Gasteiger partial charge in [0, 0.05) is 29.1 Å². The standard InChI is InChI=1S/C20H17ClFNO2/c1-13-2-7-16(12-18(13)21)23-20(24)11-9-17-8-10-19(25-17)14-3-5-15(22)6-4-14/h2-8,10,12H,9,11H2,1H3,(H,23,24). The Morgan fingerprint density at radius 1 is 1.12 bits per heavy atom. The smallest absolute Gasteiger partial charge is 0.224 e. The molecule has 5 heteroatoms. The van der Waals surface area contributed by atoms with Crippen molar-refractivity contribution in [2.24, 2.45) is 0 Å². The fourth-order valence-corrected chi connectivity index (χ4v) is 2.59. The normalized spacial score (nSPS) is 10.7. The van der Waals surface area contributed by atoms with E-state index in [1.807, 2.05) is 31.2 Å². The number of furan rings is 1. The van der Waals surface area contributed by atoms with Crippen molar-refractivity contribution < 1.29 is 13.6 Å². The molecule has 1 amide bonds. The second-order valence-electron chi connectivity index (χ2n) is 5.78. The molecule has 0 spiro atoms. The van der Waals surface area contributed by atoms with Crippen LogP contribution in [-0.4, -0.2) is 5.91 Å². The van der Waals surface area contributed by atoms with E-state index < -0.39 is 0 Å². The molecule has 0 atom stereocenters. The zero-order chi connectivity index (χ0) is 17.8. The van der Waals surface area contributed by atoms with Crippen LogP contribution in [0.4, 0.5) is 10.1 Å². The average molecular weight is 358 g/mol. The fourth-order valence-electron chi connectivity index (χ4n) is 2.41. The topological polar surface area (TPSA) is 42.2 Å². The van der Waals surface area contributed by atoms with Gasteiger partial charge >= 0.3 is 0 Å². The van der Waals surface area contributed by atoms with E-state index in [1.165, 1.54) is 12.1 Å². The van der Waals surface area contributed by atoms with Crippen LogP contribution in [0, 0.1) is 12.7 Å². The molecule has 0 aliphatic rings. The summed E-state index contributed by atoms with van der Waals surface area (Å²) in [5.41, 5.74) is 2.43. The third kappa shape index (κ3) is 4.48. The van der Waals surface area contributed by atoms with E-state index in [-0.39, 0.29) is 11.7 Å². The molecule has 0 unspecified atom stereocenters. The van der Waals surface area contributed by atoms with Gasteiger partial charge in [0.1, 0.15) is 17.3 Å². The molecule has 3 rings (SSSR count). The third-order valence-electron chi connectivity index (χ3n) is 3.84. The van der Waals surface area contributed by atoms with Crippen molar-refractivity contribution in [3.63, 3.8) is 0 Å². The van der Waals surface area contributed by atoms with Crippen LogP contribution in [0.25, 0.3) is 11.3 Å². The second kappa shape index (κ2) is 7.53. The van der Waals surface area contributed by atoms with Gasteiger partial charge in [0.05, 0.1) is 0 Å². The zero-order valence-electron chi connectivity index (χ0n) is 13.7. The molecule has 3 nitrogen and oxygen atoms in total. The maximum atomic E-state index is 13.0. The summed E-state index contributed by atoms with van der Waals surface area (Å²) in [6.45, 7) is 1.91. The van der Waals surface area contributed by atoms with E-state index in [1.54, 1.807) is 18.2 Å². The van der Waals surface area contributed by atoms with Crippen LogP contribution in [0.1, 0.15) is 17.7 Å². The van der Waals surface area contributed by atoms with Gasteiger partial charge in [0.25, 0.3) is 0 Å². The molecule has 0 fully saturated rings. The van der Waals surface area contributed by atoms with Gasteiger partial charge in [-0.25, -0.2) is 4.39 Å². The van der Waals surface area contributed by atoms with E-state index in [0.717, 1.165) is 11.1 Å². The minimum absolute atomic E-state index is 0.111. The quantitative estimate of drug-likeness (QED) is 0.644. The molecule has 128 valence electrons. The molecular weight excluding hydrogens is 341 g/mol. The number of carbonyl (C=O) groups is 1. The Morgan fingerprint density at radius 2 is 1.88 bits per heavy atom. The van der Waals surface area contributed by atoms with Crippen LogP contribution < -0.4 is 5.32 Å². The van der Waals surface area contributed by atoms with Crippen molar-refractivity contribution in [1.82, 2.24) is 0 Å². The molecule has 0 radical (unpaired) electrons. The first-order valence-corrected chi connectivity index (χ1v) is 8.30. The highest BCUT2D eigenvalue weighted by Gasteiger charge is 2.09. The number of amides is 1. The first-order valence-electron chi connectivity index (χ1n) is 7.92. The van der Waals surface area contributed by atoms with Gasteiger partial charge in [-0.2, -0.15) is 0 Å². The molecule has 0 bridgehead atoms. The van der Waals surface area contributed by atoms with Crippen LogP contribution >= 0.6 is 11.6 Å². The van der Waals surface area contributed by atoms with E-state index in [2.05, 4.69) is 5.32 Å². The number of benzene rings is 2. The van der Waals surface area contributed by atoms with Gasteiger partial charge in [-0.3, -0.25) is 4.79 Å². The van der Waals surface area contributed by atoms with Gasteiger partial charge in [0.2, 0.25) is 5.91 Å². The minimum Gasteiger partial charge on any atom is -0.461 e. The summed E-state index contributed by atoms with van der Waals surface area (Å²) in [6, 6.07) is 15.1. The molecular formula is C20H17ClFNO2. The molecule has 3 aromatic rings. The highest BCUT2D eigenvalue weighted by Crippen LogP contribution is 2.23. The predicted octanol–water partition coefficient (Wildman–Crippen LogP) is 5.62. The molecule has 0 aliphatic carbocycles. The van der Waals surface area contributed by atoms with Gasteiger partial charge in [-0.05, 0) is 61.0 Å². The first kappa shape index (κ1) is 17.2. The second-order valence-corrected chi connectivity index (χ2v) is 6.19. The van der Waals surface area contributed by atoms with Crippen LogP contribution in [0.5, 0.6) is 0 Å². The summed E-state index contributed by atoms with van der Waals surface area (Å²) < 4.78 is 18.7. The van der Waals surface area contributed by atoms with E-state index >= 15 is 0 Å². The number of rotatable bonds is 5. The summed E-state index contributed by atoms with van der Waals surface area (Å²) in [7, 11) is 0. The Balaban J connectivity index is 1.57. The lowest BCUT2D eigenvalue weighted by molar-refractivity contribution is -0.116. The summed E-state index contributed by atoms with van der Waals surface area (Å²) in [5.74, 6) is 0.959. The molecule has 2 aromatic carbocycles. The number of hydrogen-bond donors (Lipinski definition) is 1. The van der Waals surface area contributed by atoms with Gasteiger partial charge < -0.3 is 9.73 Å². The number of anilines is 1. The summed E-state index contributed by atoms with van der Waals surface area (Å²) >= 11 is 6.05. The van der Waals surface area contributed by atoms with E-state index in [0.29, 0.717) is 35.1 Å². The van der Waals surface area contributed by atoms with Crippen molar-refractivity contribution in [3.8, 4) is 11.3 Å². The zero-order valence-corrected chi connectivity index (χ0v) is 14.4. The number of nitrogens with one attached hydrogen (secondary N) is 1. The van der Waals surface area contributed by atoms with Crippen LogP contribution in [0.15, 0.2) is 59.0 Å². The van der Waals surface area contributed by atoms with Crippen LogP contribution in [0.2, 0.25) is 5.02 Å². The number of aryl methyl sites for hydroxylation is 2.